The van der Waals surface area contributed by atoms with E-state index in [-0.39, 0.29) is 0 Å². The van der Waals surface area contributed by atoms with Gasteiger partial charge in [-0.15, -0.1) is 11.3 Å². The fourth-order valence-electron chi connectivity index (χ4n) is 2.43. The number of aryl methyl sites for hydroxylation is 1. The van der Waals surface area contributed by atoms with Crippen LogP contribution in [0.25, 0.3) is 10.8 Å². The Balaban J connectivity index is 1.91. The molecule has 2 aromatic carbocycles. The van der Waals surface area contributed by atoms with Crippen molar-refractivity contribution in [2.75, 3.05) is 7.05 Å². The summed E-state index contributed by atoms with van der Waals surface area (Å²) in [4.78, 5) is 5.41. The third-order valence-electron chi connectivity index (χ3n) is 3.39. The van der Waals surface area contributed by atoms with Crippen molar-refractivity contribution in [3.63, 3.8) is 0 Å². The number of fused-ring (bicyclic) bond motifs is 1. The second-order valence-corrected chi connectivity index (χ2v) is 6.25. The van der Waals surface area contributed by atoms with Crippen LogP contribution in [0.2, 0.25) is 0 Å². The van der Waals surface area contributed by atoms with Crippen LogP contribution in [-0.4, -0.2) is 12.0 Å². The molecule has 0 saturated carbocycles. The first-order valence-electron chi connectivity index (χ1n) is 6.97. The molecule has 3 nitrogen and oxygen atoms in total. The standard InChI is InChI=1S/C17H18N2OS/c1-12-19-9-14(21-12)11-20-17-8-7-13-5-3-4-6-15(13)16(17)10-18-2/h3-9,18H,10-11H2,1-2H3. The Labute approximate surface area is 128 Å². The summed E-state index contributed by atoms with van der Waals surface area (Å²) in [5.41, 5.74) is 1.21. The SMILES string of the molecule is CNCc1c(OCc2cnc(C)s2)ccc2ccccc12. The van der Waals surface area contributed by atoms with E-state index in [1.807, 2.05) is 20.2 Å². The van der Waals surface area contributed by atoms with Crippen molar-refractivity contribution in [1.82, 2.24) is 10.3 Å². The van der Waals surface area contributed by atoms with Crippen LogP contribution < -0.4 is 10.1 Å². The van der Waals surface area contributed by atoms with Crippen molar-refractivity contribution >= 4 is 22.1 Å². The molecule has 1 heterocycles. The first-order valence-corrected chi connectivity index (χ1v) is 7.79. The molecule has 0 atom stereocenters. The lowest BCUT2D eigenvalue weighted by Crippen LogP contribution is -2.08. The first-order chi connectivity index (χ1) is 10.3. The monoisotopic (exact) mass is 298 g/mol. The lowest BCUT2D eigenvalue weighted by molar-refractivity contribution is 0.306. The Morgan fingerprint density at radius 3 is 2.81 bits per heavy atom. The summed E-state index contributed by atoms with van der Waals surface area (Å²) in [6.07, 6.45) is 1.89. The van der Waals surface area contributed by atoms with Gasteiger partial charge in [-0.1, -0.05) is 30.3 Å². The van der Waals surface area contributed by atoms with Crippen LogP contribution in [0.5, 0.6) is 5.75 Å². The fourth-order valence-corrected chi connectivity index (χ4v) is 3.14. The molecule has 4 heteroatoms. The maximum atomic E-state index is 6.03. The molecule has 0 fully saturated rings. The molecule has 0 spiro atoms. The molecule has 3 aromatic rings. The second kappa shape index (κ2) is 6.24. The molecule has 1 N–H and O–H groups in total. The number of aromatic nitrogens is 1. The third kappa shape index (κ3) is 3.06. The van der Waals surface area contributed by atoms with Gasteiger partial charge in [0, 0.05) is 18.3 Å². The van der Waals surface area contributed by atoms with Gasteiger partial charge in [-0.3, -0.25) is 0 Å². The van der Waals surface area contributed by atoms with Gasteiger partial charge in [0.15, 0.2) is 0 Å². The molecular formula is C17H18N2OS. The van der Waals surface area contributed by atoms with E-state index in [1.54, 1.807) is 11.3 Å². The number of nitrogens with zero attached hydrogens (tertiary/aromatic N) is 1. The van der Waals surface area contributed by atoms with Crippen molar-refractivity contribution < 1.29 is 4.74 Å². The Morgan fingerprint density at radius 2 is 2.05 bits per heavy atom. The zero-order valence-electron chi connectivity index (χ0n) is 12.2. The number of thiazole rings is 1. The summed E-state index contributed by atoms with van der Waals surface area (Å²) in [5, 5.41) is 6.78. The predicted octanol–water partition coefficient (Wildman–Crippen LogP) is 3.90. The van der Waals surface area contributed by atoms with Crippen molar-refractivity contribution in [2.24, 2.45) is 0 Å². The van der Waals surface area contributed by atoms with Crippen LogP contribution in [0.4, 0.5) is 0 Å². The van der Waals surface area contributed by atoms with E-state index in [0.717, 1.165) is 22.2 Å². The summed E-state index contributed by atoms with van der Waals surface area (Å²) >= 11 is 1.68. The van der Waals surface area contributed by atoms with E-state index >= 15 is 0 Å². The molecule has 0 aliphatic heterocycles. The molecule has 21 heavy (non-hydrogen) atoms. The molecule has 0 unspecified atom stereocenters. The Morgan fingerprint density at radius 1 is 1.19 bits per heavy atom. The van der Waals surface area contributed by atoms with Crippen molar-refractivity contribution in [2.45, 2.75) is 20.1 Å². The van der Waals surface area contributed by atoms with Crippen molar-refractivity contribution in [1.29, 1.82) is 0 Å². The highest BCUT2D eigenvalue weighted by atomic mass is 32.1. The minimum absolute atomic E-state index is 0.570. The van der Waals surface area contributed by atoms with Crippen molar-refractivity contribution in [3.8, 4) is 5.75 Å². The summed E-state index contributed by atoms with van der Waals surface area (Å²) < 4.78 is 6.03. The average Bonchev–Trinajstić information content (AvgIpc) is 2.92. The quantitative estimate of drug-likeness (QED) is 0.775. The van der Waals surface area contributed by atoms with Crippen LogP contribution in [0.3, 0.4) is 0 Å². The Bertz CT molecular complexity index is 751. The van der Waals surface area contributed by atoms with Crippen LogP contribution in [0.15, 0.2) is 42.6 Å². The molecule has 0 bridgehead atoms. The molecule has 0 amide bonds. The lowest BCUT2D eigenvalue weighted by atomic mass is 10.0. The number of hydrogen-bond acceptors (Lipinski definition) is 4. The molecule has 0 radical (unpaired) electrons. The van der Waals surface area contributed by atoms with Crippen LogP contribution >= 0.6 is 11.3 Å². The number of ether oxygens (including phenoxy) is 1. The first kappa shape index (κ1) is 14.0. The highest BCUT2D eigenvalue weighted by Crippen LogP contribution is 2.29. The minimum Gasteiger partial charge on any atom is -0.488 e. The predicted molar refractivity (Wildman–Crippen MR) is 87.9 cm³/mol. The summed E-state index contributed by atoms with van der Waals surface area (Å²) in [5.74, 6) is 0.939. The van der Waals surface area contributed by atoms with E-state index < -0.39 is 0 Å². The number of rotatable bonds is 5. The average molecular weight is 298 g/mol. The highest BCUT2D eigenvalue weighted by Gasteiger charge is 2.09. The number of nitrogens with one attached hydrogen (secondary N) is 1. The second-order valence-electron chi connectivity index (χ2n) is 4.93. The number of hydrogen-bond donors (Lipinski definition) is 1. The molecule has 0 aliphatic carbocycles. The Hall–Kier alpha value is -1.91. The van der Waals surface area contributed by atoms with E-state index in [9.17, 15) is 0 Å². The van der Waals surface area contributed by atoms with Gasteiger partial charge in [0.1, 0.15) is 12.4 Å². The summed E-state index contributed by atoms with van der Waals surface area (Å²) in [6.45, 7) is 3.37. The van der Waals surface area contributed by atoms with E-state index in [1.165, 1.54) is 16.3 Å². The normalized spacial score (nSPS) is 11.0. The maximum Gasteiger partial charge on any atom is 0.124 e. The highest BCUT2D eigenvalue weighted by molar-refractivity contribution is 7.11. The van der Waals surface area contributed by atoms with Gasteiger partial charge < -0.3 is 10.1 Å². The lowest BCUT2D eigenvalue weighted by Gasteiger charge is -2.13. The third-order valence-corrected chi connectivity index (χ3v) is 4.28. The molecule has 0 saturated heterocycles. The summed E-state index contributed by atoms with van der Waals surface area (Å²) in [7, 11) is 1.96. The van der Waals surface area contributed by atoms with Crippen LogP contribution in [0.1, 0.15) is 15.4 Å². The zero-order chi connectivity index (χ0) is 14.7. The summed E-state index contributed by atoms with van der Waals surface area (Å²) in [6, 6.07) is 12.6. The largest absolute Gasteiger partial charge is 0.488 e. The van der Waals surface area contributed by atoms with Gasteiger partial charge in [-0.25, -0.2) is 4.98 Å². The zero-order valence-corrected chi connectivity index (χ0v) is 13.0. The van der Waals surface area contributed by atoms with Crippen LogP contribution in [0, 0.1) is 6.92 Å². The van der Waals surface area contributed by atoms with Gasteiger partial charge in [0.25, 0.3) is 0 Å². The van der Waals surface area contributed by atoms with Gasteiger partial charge in [0.2, 0.25) is 0 Å². The topological polar surface area (TPSA) is 34.1 Å². The molecule has 3 rings (SSSR count). The molecule has 108 valence electrons. The fraction of sp³-hybridized carbons (Fsp3) is 0.235. The van der Waals surface area contributed by atoms with Gasteiger partial charge in [-0.05, 0) is 30.8 Å². The van der Waals surface area contributed by atoms with Gasteiger partial charge in [-0.2, -0.15) is 0 Å². The molecular weight excluding hydrogens is 280 g/mol. The number of benzene rings is 2. The maximum absolute atomic E-state index is 6.03. The van der Waals surface area contributed by atoms with Gasteiger partial charge >= 0.3 is 0 Å². The molecule has 0 aliphatic rings. The van der Waals surface area contributed by atoms with E-state index in [2.05, 4.69) is 46.7 Å². The molecule has 1 aromatic heterocycles. The minimum atomic E-state index is 0.570. The van der Waals surface area contributed by atoms with E-state index in [0.29, 0.717) is 6.61 Å². The van der Waals surface area contributed by atoms with Gasteiger partial charge in [0.05, 0.1) is 9.88 Å². The van der Waals surface area contributed by atoms with Crippen LogP contribution in [-0.2, 0) is 13.2 Å². The smallest absolute Gasteiger partial charge is 0.124 e. The van der Waals surface area contributed by atoms with Crippen molar-refractivity contribution in [3.05, 3.63) is 58.0 Å². The Kier molecular flexibility index (Phi) is 4.18. The van der Waals surface area contributed by atoms with E-state index in [4.69, 9.17) is 4.74 Å².